The third-order valence-corrected chi connectivity index (χ3v) is 1.27. The average molecular weight is 144 g/mol. The molecule has 60 valence electrons. The second-order valence-electron chi connectivity index (χ2n) is 2.27. The number of unbranched alkanes of at least 4 members (excludes halogenated alkanes) is 2. The van der Waals surface area contributed by atoms with Gasteiger partial charge in [-0.2, -0.15) is 0 Å². The highest BCUT2D eigenvalue weighted by molar-refractivity contribution is 5.49. The lowest BCUT2D eigenvalue weighted by molar-refractivity contribution is -0.108. The van der Waals surface area contributed by atoms with Crippen LogP contribution in [-0.2, 0) is 9.53 Å². The Balaban J connectivity index is 2.70. The quantitative estimate of drug-likeness (QED) is 0.402. The Morgan fingerprint density at radius 2 is 2.10 bits per heavy atom. The second kappa shape index (κ2) is 8.63. The van der Waals surface area contributed by atoms with Gasteiger partial charge in [-0.1, -0.05) is 19.8 Å². The first-order valence-corrected chi connectivity index (χ1v) is 3.93. The SMILES string of the molecule is CCCCCOCCC=O. The number of ether oxygens (including phenoxy) is 1. The predicted molar refractivity (Wildman–Crippen MR) is 41.0 cm³/mol. The molecule has 0 saturated carbocycles. The van der Waals surface area contributed by atoms with Crippen LogP contribution in [0, 0.1) is 0 Å². The van der Waals surface area contributed by atoms with Crippen molar-refractivity contribution in [3.63, 3.8) is 0 Å². The van der Waals surface area contributed by atoms with Crippen LogP contribution in [0.15, 0.2) is 0 Å². The summed E-state index contributed by atoms with van der Waals surface area (Å²) >= 11 is 0. The van der Waals surface area contributed by atoms with Crippen molar-refractivity contribution in [2.45, 2.75) is 32.6 Å². The summed E-state index contributed by atoms with van der Waals surface area (Å²) in [6.45, 7) is 3.56. The van der Waals surface area contributed by atoms with Gasteiger partial charge in [0.1, 0.15) is 6.29 Å². The van der Waals surface area contributed by atoms with E-state index in [0.29, 0.717) is 13.0 Å². The maximum atomic E-state index is 9.81. The van der Waals surface area contributed by atoms with E-state index in [9.17, 15) is 4.79 Å². The number of carbonyl (C=O) groups is 1. The van der Waals surface area contributed by atoms with Crippen molar-refractivity contribution < 1.29 is 9.53 Å². The van der Waals surface area contributed by atoms with E-state index in [2.05, 4.69) is 6.92 Å². The highest BCUT2D eigenvalue weighted by Crippen LogP contribution is 1.93. The summed E-state index contributed by atoms with van der Waals surface area (Å²) in [6.07, 6.45) is 4.99. The van der Waals surface area contributed by atoms with Gasteiger partial charge in [-0.3, -0.25) is 0 Å². The number of hydrogen-bond donors (Lipinski definition) is 0. The van der Waals surface area contributed by atoms with Gasteiger partial charge in [0, 0.05) is 13.0 Å². The normalized spacial score (nSPS) is 9.70. The molecule has 2 nitrogen and oxygen atoms in total. The summed E-state index contributed by atoms with van der Waals surface area (Å²) in [6, 6.07) is 0. The first-order valence-electron chi connectivity index (χ1n) is 3.93. The molecule has 0 aliphatic carbocycles. The van der Waals surface area contributed by atoms with Crippen LogP contribution >= 0.6 is 0 Å². The van der Waals surface area contributed by atoms with Crippen molar-refractivity contribution in [2.24, 2.45) is 0 Å². The topological polar surface area (TPSA) is 26.3 Å². The molecule has 0 saturated heterocycles. The molecule has 0 rings (SSSR count). The van der Waals surface area contributed by atoms with Crippen LogP contribution in [0.2, 0.25) is 0 Å². The Labute approximate surface area is 62.6 Å². The van der Waals surface area contributed by atoms with Gasteiger partial charge in [-0.15, -0.1) is 0 Å². The van der Waals surface area contributed by atoms with Crippen molar-refractivity contribution >= 4 is 6.29 Å². The van der Waals surface area contributed by atoms with E-state index in [1.807, 2.05) is 0 Å². The molecule has 0 aromatic rings. The van der Waals surface area contributed by atoms with Gasteiger partial charge in [-0.05, 0) is 6.42 Å². The van der Waals surface area contributed by atoms with Crippen LogP contribution < -0.4 is 0 Å². The lowest BCUT2D eigenvalue weighted by Crippen LogP contribution is -1.96. The van der Waals surface area contributed by atoms with Crippen LogP contribution in [0.3, 0.4) is 0 Å². The summed E-state index contributed by atoms with van der Waals surface area (Å²) in [5, 5.41) is 0. The van der Waals surface area contributed by atoms with E-state index in [0.717, 1.165) is 19.3 Å². The van der Waals surface area contributed by atoms with Gasteiger partial charge >= 0.3 is 0 Å². The molecule has 0 radical (unpaired) electrons. The minimum atomic E-state index is 0.534. The highest BCUT2D eigenvalue weighted by Gasteiger charge is 1.86. The van der Waals surface area contributed by atoms with Crippen molar-refractivity contribution in [3.05, 3.63) is 0 Å². The molecule has 0 fully saturated rings. The molecule has 0 spiro atoms. The van der Waals surface area contributed by atoms with Gasteiger partial charge in [0.2, 0.25) is 0 Å². The van der Waals surface area contributed by atoms with Crippen LogP contribution in [-0.4, -0.2) is 19.5 Å². The lowest BCUT2D eigenvalue weighted by Gasteiger charge is -1.98. The van der Waals surface area contributed by atoms with Crippen LogP contribution in [0.1, 0.15) is 32.6 Å². The average Bonchev–Trinajstić information content (AvgIpc) is 1.97. The van der Waals surface area contributed by atoms with Crippen LogP contribution in [0.25, 0.3) is 0 Å². The second-order valence-corrected chi connectivity index (χ2v) is 2.27. The number of hydrogen-bond acceptors (Lipinski definition) is 2. The third-order valence-electron chi connectivity index (χ3n) is 1.27. The predicted octanol–water partition coefficient (Wildman–Crippen LogP) is 1.78. The van der Waals surface area contributed by atoms with Crippen molar-refractivity contribution in [1.82, 2.24) is 0 Å². The molecule has 10 heavy (non-hydrogen) atoms. The van der Waals surface area contributed by atoms with Crippen LogP contribution in [0.5, 0.6) is 0 Å². The Kier molecular flexibility index (Phi) is 8.31. The van der Waals surface area contributed by atoms with Gasteiger partial charge < -0.3 is 9.53 Å². The molecule has 0 aromatic heterocycles. The zero-order chi connectivity index (χ0) is 7.66. The smallest absolute Gasteiger partial charge is 0.122 e. The molecule has 0 atom stereocenters. The first kappa shape index (κ1) is 9.63. The maximum absolute atomic E-state index is 9.81. The van der Waals surface area contributed by atoms with Gasteiger partial charge in [-0.25, -0.2) is 0 Å². The minimum absolute atomic E-state index is 0.534. The summed E-state index contributed by atoms with van der Waals surface area (Å²) in [5.74, 6) is 0. The molecule has 2 heteroatoms. The summed E-state index contributed by atoms with van der Waals surface area (Å²) in [7, 11) is 0. The van der Waals surface area contributed by atoms with E-state index in [-0.39, 0.29) is 0 Å². The van der Waals surface area contributed by atoms with E-state index in [1.54, 1.807) is 0 Å². The molecule has 0 heterocycles. The van der Waals surface area contributed by atoms with E-state index < -0.39 is 0 Å². The largest absolute Gasteiger partial charge is 0.381 e. The van der Waals surface area contributed by atoms with E-state index in [1.165, 1.54) is 12.8 Å². The fraction of sp³-hybridized carbons (Fsp3) is 0.875. The van der Waals surface area contributed by atoms with E-state index in [4.69, 9.17) is 4.74 Å². The zero-order valence-electron chi connectivity index (χ0n) is 6.64. The van der Waals surface area contributed by atoms with Crippen molar-refractivity contribution in [1.29, 1.82) is 0 Å². The number of rotatable bonds is 7. The highest BCUT2D eigenvalue weighted by atomic mass is 16.5. The number of aldehydes is 1. The van der Waals surface area contributed by atoms with Gasteiger partial charge in [0.05, 0.1) is 6.61 Å². The molecule has 0 aliphatic heterocycles. The molecule has 0 N–H and O–H groups in total. The molecule has 0 unspecified atom stereocenters. The molecular weight excluding hydrogens is 128 g/mol. The Morgan fingerprint density at radius 3 is 2.70 bits per heavy atom. The Hall–Kier alpha value is -0.370. The van der Waals surface area contributed by atoms with Crippen LogP contribution in [0.4, 0.5) is 0 Å². The molecular formula is C8H16O2. The minimum Gasteiger partial charge on any atom is -0.381 e. The van der Waals surface area contributed by atoms with Crippen molar-refractivity contribution in [2.75, 3.05) is 13.2 Å². The number of carbonyl (C=O) groups excluding carboxylic acids is 1. The van der Waals surface area contributed by atoms with Gasteiger partial charge in [0.25, 0.3) is 0 Å². The zero-order valence-corrected chi connectivity index (χ0v) is 6.64. The molecule has 0 amide bonds. The lowest BCUT2D eigenvalue weighted by atomic mass is 10.3. The summed E-state index contributed by atoms with van der Waals surface area (Å²) in [5.41, 5.74) is 0. The Morgan fingerprint density at radius 1 is 1.30 bits per heavy atom. The standard InChI is InChI=1S/C8H16O2/c1-2-3-4-7-10-8-5-6-9/h6H,2-5,7-8H2,1H3. The van der Waals surface area contributed by atoms with Gasteiger partial charge in [0.15, 0.2) is 0 Å². The molecule has 0 aromatic carbocycles. The third kappa shape index (κ3) is 7.63. The maximum Gasteiger partial charge on any atom is 0.122 e. The van der Waals surface area contributed by atoms with E-state index >= 15 is 0 Å². The fourth-order valence-electron chi connectivity index (χ4n) is 0.688. The fourth-order valence-corrected chi connectivity index (χ4v) is 0.688. The Bertz CT molecular complexity index is 71.7. The molecule has 0 aliphatic rings. The van der Waals surface area contributed by atoms with Crippen molar-refractivity contribution in [3.8, 4) is 0 Å². The first-order chi connectivity index (χ1) is 4.91. The molecule has 0 bridgehead atoms. The monoisotopic (exact) mass is 144 g/mol. The summed E-state index contributed by atoms with van der Waals surface area (Å²) in [4.78, 5) is 9.81. The summed E-state index contributed by atoms with van der Waals surface area (Å²) < 4.78 is 5.14.